The van der Waals surface area contributed by atoms with Crippen molar-refractivity contribution in [3.63, 3.8) is 0 Å². The molecule has 2 atom stereocenters. The van der Waals surface area contributed by atoms with E-state index in [1.54, 1.807) is 0 Å². The van der Waals surface area contributed by atoms with Crippen LogP contribution in [-0.4, -0.2) is 5.11 Å². The zero-order chi connectivity index (χ0) is 14.3. The molecule has 0 fully saturated rings. The molecule has 1 aliphatic carbocycles. The number of halogens is 2. The molecule has 1 heterocycles. The summed E-state index contributed by atoms with van der Waals surface area (Å²) in [4.78, 5) is 0.807. The number of aliphatic hydroxyl groups excluding tert-OH is 1. The number of aryl methyl sites for hydroxylation is 1. The van der Waals surface area contributed by atoms with Crippen molar-refractivity contribution in [1.29, 1.82) is 5.26 Å². The van der Waals surface area contributed by atoms with Crippen molar-refractivity contribution >= 4 is 43.2 Å². The van der Waals surface area contributed by atoms with Crippen LogP contribution in [0.3, 0.4) is 0 Å². The van der Waals surface area contributed by atoms with Crippen molar-refractivity contribution in [1.82, 2.24) is 0 Å². The van der Waals surface area contributed by atoms with E-state index >= 15 is 0 Å². The third-order valence-corrected chi connectivity index (χ3v) is 7.20. The zero-order valence-corrected chi connectivity index (χ0v) is 14.4. The molecule has 102 valence electrons. The van der Waals surface area contributed by atoms with Gasteiger partial charge in [0, 0.05) is 9.35 Å². The second-order valence-electron chi connectivity index (χ2n) is 4.91. The number of rotatable bonds is 2. The first-order valence-corrected chi connectivity index (χ1v) is 8.61. The summed E-state index contributed by atoms with van der Waals surface area (Å²) in [5, 5.41) is 20.5. The Morgan fingerprint density at radius 1 is 1.35 bits per heavy atom. The first-order chi connectivity index (χ1) is 9.58. The molecule has 0 aliphatic heterocycles. The van der Waals surface area contributed by atoms with E-state index in [2.05, 4.69) is 37.9 Å². The second kappa shape index (κ2) is 5.27. The third-order valence-electron chi connectivity index (χ3n) is 3.89. The number of hydrogen-bond acceptors (Lipinski definition) is 3. The van der Waals surface area contributed by atoms with Gasteiger partial charge in [-0.25, -0.2) is 0 Å². The Kier molecular flexibility index (Phi) is 3.76. The minimum Gasteiger partial charge on any atom is -0.386 e. The van der Waals surface area contributed by atoms with Crippen LogP contribution in [0.2, 0.25) is 0 Å². The molecule has 2 nitrogen and oxygen atoms in total. The van der Waals surface area contributed by atoms with Gasteiger partial charge in [-0.3, -0.25) is 0 Å². The smallest absolute Gasteiger partial charge is 0.114 e. The van der Waals surface area contributed by atoms with Crippen LogP contribution >= 0.6 is 43.2 Å². The highest BCUT2D eigenvalue weighted by molar-refractivity contribution is 9.13. The highest BCUT2D eigenvalue weighted by atomic mass is 79.9. The van der Waals surface area contributed by atoms with Gasteiger partial charge in [-0.1, -0.05) is 24.3 Å². The fraction of sp³-hybridized carbons (Fsp3) is 0.267. The van der Waals surface area contributed by atoms with E-state index in [-0.39, 0.29) is 0 Å². The Balaban J connectivity index is 2.09. The fourth-order valence-corrected chi connectivity index (χ4v) is 5.01. The quantitative estimate of drug-likeness (QED) is 0.775. The van der Waals surface area contributed by atoms with Crippen LogP contribution in [0.15, 0.2) is 38.6 Å². The first-order valence-electron chi connectivity index (χ1n) is 6.21. The van der Waals surface area contributed by atoms with Crippen molar-refractivity contribution in [2.45, 2.75) is 24.4 Å². The Bertz CT molecular complexity index is 687. The Morgan fingerprint density at radius 3 is 2.75 bits per heavy atom. The maximum atomic E-state index is 10.8. The average molecular weight is 413 g/mol. The van der Waals surface area contributed by atoms with Crippen molar-refractivity contribution in [3.8, 4) is 6.07 Å². The number of thiophene rings is 1. The molecule has 1 aromatic carbocycles. The summed E-state index contributed by atoms with van der Waals surface area (Å²) in [5.74, 6) is 0. The molecule has 0 spiro atoms. The van der Waals surface area contributed by atoms with Gasteiger partial charge < -0.3 is 5.11 Å². The van der Waals surface area contributed by atoms with Gasteiger partial charge in [0.15, 0.2) is 0 Å². The Morgan fingerprint density at radius 2 is 2.10 bits per heavy atom. The Labute approximate surface area is 138 Å². The molecule has 0 radical (unpaired) electrons. The Hall–Kier alpha value is -0.670. The predicted octanol–water partition coefficient (Wildman–Crippen LogP) is 4.71. The van der Waals surface area contributed by atoms with E-state index in [1.165, 1.54) is 16.9 Å². The molecular weight excluding hydrogens is 402 g/mol. The molecule has 1 aromatic heterocycles. The lowest BCUT2D eigenvalue weighted by Gasteiger charge is -2.27. The minimum absolute atomic E-state index is 0.664. The standard InChI is InChI=1S/C15H11Br2NOS/c16-11-7-12(20-14(11)17)13(19)15(8-18)6-5-9-3-1-2-4-10(9)15/h1-4,7,13,19H,5-6H2. The molecule has 3 rings (SSSR count). The summed E-state index contributed by atoms with van der Waals surface area (Å²) in [6, 6.07) is 12.2. The van der Waals surface area contributed by atoms with E-state index < -0.39 is 11.5 Å². The van der Waals surface area contributed by atoms with E-state index in [0.29, 0.717) is 6.42 Å². The molecule has 0 amide bonds. The molecule has 1 aliphatic rings. The van der Waals surface area contributed by atoms with Crippen LogP contribution in [-0.2, 0) is 11.8 Å². The topological polar surface area (TPSA) is 44.0 Å². The van der Waals surface area contributed by atoms with E-state index in [1.807, 2.05) is 30.3 Å². The van der Waals surface area contributed by atoms with Crippen LogP contribution < -0.4 is 0 Å². The van der Waals surface area contributed by atoms with Crippen LogP contribution in [0.4, 0.5) is 0 Å². The van der Waals surface area contributed by atoms with Crippen molar-refractivity contribution in [3.05, 3.63) is 54.6 Å². The van der Waals surface area contributed by atoms with Crippen molar-refractivity contribution in [2.24, 2.45) is 0 Å². The molecule has 2 unspecified atom stereocenters. The summed E-state index contributed by atoms with van der Waals surface area (Å²) in [7, 11) is 0. The van der Waals surface area contributed by atoms with Crippen LogP contribution in [0, 0.1) is 11.3 Å². The number of nitrogens with zero attached hydrogens (tertiary/aromatic N) is 1. The monoisotopic (exact) mass is 411 g/mol. The molecule has 0 saturated carbocycles. The van der Waals surface area contributed by atoms with Gasteiger partial charge in [0.1, 0.15) is 11.5 Å². The SMILES string of the molecule is N#CC1(C(O)c2cc(Br)c(Br)s2)CCc2ccccc21. The summed E-state index contributed by atoms with van der Waals surface area (Å²) >= 11 is 8.34. The summed E-state index contributed by atoms with van der Waals surface area (Å²) in [6.45, 7) is 0. The van der Waals surface area contributed by atoms with Gasteiger partial charge in [0.05, 0.1) is 9.86 Å². The van der Waals surface area contributed by atoms with E-state index in [4.69, 9.17) is 0 Å². The van der Waals surface area contributed by atoms with Gasteiger partial charge >= 0.3 is 0 Å². The summed E-state index contributed by atoms with van der Waals surface area (Å²) in [5.41, 5.74) is 1.30. The van der Waals surface area contributed by atoms with Crippen LogP contribution in [0.5, 0.6) is 0 Å². The van der Waals surface area contributed by atoms with Crippen LogP contribution in [0.25, 0.3) is 0 Å². The normalized spacial score (nSPS) is 22.3. The van der Waals surface area contributed by atoms with Crippen molar-refractivity contribution < 1.29 is 5.11 Å². The highest BCUT2D eigenvalue weighted by Gasteiger charge is 2.46. The summed E-state index contributed by atoms with van der Waals surface area (Å²) < 4.78 is 1.85. The van der Waals surface area contributed by atoms with Gasteiger partial charge in [-0.2, -0.15) is 5.26 Å². The predicted molar refractivity (Wildman–Crippen MR) is 86.7 cm³/mol. The van der Waals surface area contributed by atoms with Gasteiger partial charge in [0.2, 0.25) is 0 Å². The van der Waals surface area contributed by atoms with Crippen molar-refractivity contribution in [2.75, 3.05) is 0 Å². The second-order valence-corrected chi connectivity index (χ2v) is 8.17. The number of benzene rings is 1. The third kappa shape index (κ3) is 2.06. The average Bonchev–Trinajstić information content (AvgIpc) is 3.00. The van der Waals surface area contributed by atoms with Gasteiger partial charge in [-0.15, -0.1) is 11.3 Å². The molecule has 20 heavy (non-hydrogen) atoms. The zero-order valence-electron chi connectivity index (χ0n) is 10.4. The molecule has 0 saturated heterocycles. The number of hydrogen-bond donors (Lipinski definition) is 1. The van der Waals surface area contributed by atoms with Gasteiger partial charge in [0.25, 0.3) is 0 Å². The maximum Gasteiger partial charge on any atom is 0.114 e. The maximum absolute atomic E-state index is 10.8. The lowest BCUT2D eigenvalue weighted by Crippen LogP contribution is -2.29. The van der Waals surface area contributed by atoms with Gasteiger partial charge in [-0.05, 0) is 61.9 Å². The molecule has 5 heteroatoms. The number of fused-ring (bicyclic) bond motifs is 1. The van der Waals surface area contributed by atoms with Crippen LogP contribution in [0.1, 0.15) is 28.5 Å². The minimum atomic E-state index is -0.833. The molecule has 2 aromatic rings. The largest absolute Gasteiger partial charge is 0.386 e. The van der Waals surface area contributed by atoms with E-state index in [0.717, 1.165) is 25.1 Å². The summed E-state index contributed by atoms with van der Waals surface area (Å²) in [6.07, 6.45) is 0.704. The lowest BCUT2D eigenvalue weighted by atomic mass is 9.77. The molecule has 1 N–H and O–H groups in total. The fourth-order valence-electron chi connectivity index (χ4n) is 2.84. The lowest BCUT2D eigenvalue weighted by molar-refractivity contribution is 0.114. The number of nitriles is 1. The molecule has 0 bridgehead atoms. The molecular formula is C15H11Br2NOS. The highest BCUT2D eigenvalue weighted by Crippen LogP contribution is 2.49. The van der Waals surface area contributed by atoms with E-state index in [9.17, 15) is 10.4 Å². The first kappa shape index (κ1) is 14.3. The number of aliphatic hydroxyl groups is 1.